The molecular weight excluding hydrogens is 426 g/mol. The van der Waals surface area contributed by atoms with Crippen molar-refractivity contribution < 1.29 is 13.5 Å². The molecule has 2 fully saturated rings. The van der Waals surface area contributed by atoms with Gasteiger partial charge in [0, 0.05) is 18.5 Å². The normalized spacial score (nSPS) is 27.7. The van der Waals surface area contributed by atoms with Crippen molar-refractivity contribution in [3.8, 4) is 11.3 Å². The van der Waals surface area contributed by atoms with Gasteiger partial charge in [-0.15, -0.1) is 5.10 Å². The minimum atomic E-state index is -0.630. The molecule has 172 valence electrons. The molecule has 33 heavy (non-hydrogen) atoms. The summed E-state index contributed by atoms with van der Waals surface area (Å²) in [5, 5.41) is 16.2. The first-order chi connectivity index (χ1) is 15.8. The maximum atomic E-state index is 14.5. The summed E-state index contributed by atoms with van der Waals surface area (Å²) in [5.74, 6) is 0.418. The third kappa shape index (κ3) is 2.74. The number of nitrogens with zero attached hydrogens (tertiary/aromatic N) is 5. The molecule has 0 amide bonds. The van der Waals surface area contributed by atoms with E-state index in [1.165, 1.54) is 18.2 Å². The summed E-state index contributed by atoms with van der Waals surface area (Å²) < 4.78 is 35.3. The number of halogens is 2. The molecule has 1 N–H and O–H groups in total. The lowest BCUT2D eigenvalue weighted by Crippen LogP contribution is -2.56. The number of hydrogen-bond donors (Lipinski definition) is 1. The molecule has 0 radical (unpaired) electrons. The van der Waals surface area contributed by atoms with E-state index in [4.69, 9.17) is 4.74 Å². The lowest BCUT2D eigenvalue weighted by molar-refractivity contribution is -0.0469. The van der Waals surface area contributed by atoms with Crippen LogP contribution in [-0.2, 0) is 10.2 Å². The number of rotatable bonds is 3. The Bertz CT molecular complexity index is 1220. The van der Waals surface area contributed by atoms with Gasteiger partial charge in [-0.1, -0.05) is 19.9 Å². The van der Waals surface area contributed by atoms with Crippen LogP contribution in [0.15, 0.2) is 24.3 Å². The highest BCUT2D eigenvalue weighted by molar-refractivity contribution is 5.63. The molecule has 2 bridgehead atoms. The van der Waals surface area contributed by atoms with Gasteiger partial charge in [0.15, 0.2) is 0 Å². The first-order valence-corrected chi connectivity index (χ1v) is 11.4. The molecule has 2 aromatic heterocycles. The zero-order valence-electron chi connectivity index (χ0n) is 18.9. The Morgan fingerprint density at radius 1 is 1.18 bits per heavy atom. The number of fused-ring (bicyclic) bond motifs is 5. The molecule has 1 aliphatic heterocycles. The number of nitrogens with one attached hydrogen (secondary N) is 1. The zero-order valence-corrected chi connectivity index (χ0v) is 18.9. The van der Waals surface area contributed by atoms with Crippen LogP contribution in [0.1, 0.15) is 49.7 Å². The molecule has 3 atom stereocenters. The molecule has 6 rings (SSSR count). The highest BCUT2D eigenvalue weighted by atomic mass is 19.1. The fraction of sp³-hybridized carbons (Fsp3) is 0.500. The molecule has 3 heterocycles. The first kappa shape index (κ1) is 20.7. The minimum Gasteiger partial charge on any atom is -0.374 e. The van der Waals surface area contributed by atoms with Crippen molar-refractivity contribution >= 4 is 5.95 Å². The Kier molecular flexibility index (Phi) is 4.40. The Morgan fingerprint density at radius 2 is 1.97 bits per heavy atom. The van der Waals surface area contributed by atoms with Gasteiger partial charge < -0.3 is 9.64 Å². The van der Waals surface area contributed by atoms with Crippen LogP contribution in [0, 0.1) is 24.0 Å². The van der Waals surface area contributed by atoms with Crippen molar-refractivity contribution in [3.05, 3.63) is 53.0 Å². The SMILES string of the molecule is Cc1nc(N2CCO[C@@H]([C@@]34CC[C@@H](c5cc(-c6c(F)cccc6F)nnc53)C4(C)C)C2)n[nH]1. The summed E-state index contributed by atoms with van der Waals surface area (Å²) in [4.78, 5) is 6.66. The fourth-order valence-electron chi connectivity index (χ4n) is 6.55. The van der Waals surface area contributed by atoms with Crippen molar-refractivity contribution in [3.63, 3.8) is 0 Å². The zero-order chi connectivity index (χ0) is 23.0. The third-order valence-corrected chi connectivity index (χ3v) is 8.17. The van der Waals surface area contributed by atoms with Crippen LogP contribution in [0.25, 0.3) is 11.3 Å². The van der Waals surface area contributed by atoms with E-state index in [0.717, 1.165) is 36.5 Å². The van der Waals surface area contributed by atoms with Crippen LogP contribution < -0.4 is 4.90 Å². The molecule has 2 aliphatic carbocycles. The number of ether oxygens (including phenoxy) is 1. The van der Waals surface area contributed by atoms with Gasteiger partial charge in [-0.25, -0.2) is 8.78 Å². The molecule has 1 aromatic carbocycles. The van der Waals surface area contributed by atoms with Crippen molar-refractivity contribution in [2.45, 2.75) is 51.0 Å². The molecule has 3 aliphatic rings. The van der Waals surface area contributed by atoms with Crippen LogP contribution in [0.4, 0.5) is 14.7 Å². The second-order valence-corrected chi connectivity index (χ2v) is 9.94. The molecule has 7 nitrogen and oxygen atoms in total. The lowest BCUT2D eigenvalue weighted by atomic mass is 9.64. The number of aryl methyl sites for hydroxylation is 1. The van der Waals surface area contributed by atoms with Crippen molar-refractivity contribution in [1.29, 1.82) is 0 Å². The van der Waals surface area contributed by atoms with E-state index in [-0.39, 0.29) is 34.1 Å². The van der Waals surface area contributed by atoms with Gasteiger partial charge in [0.05, 0.1) is 29.7 Å². The largest absolute Gasteiger partial charge is 0.374 e. The second kappa shape index (κ2) is 7.03. The topological polar surface area (TPSA) is 79.8 Å². The molecule has 3 aromatic rings. The summed E-state index contributed by atoms with van der Waals surface area (Å²) >= 11 is 0. The van der Waals surface area contributed by atoms with Crippen molar-refractivity contribution in [1.82, 2.24) is 25.4 Å². The first-order valence-electron chi connectivity index (χ1n) is 11.4. The van der Waals surface area contributed by atoms with Gasteiger partial charge in [0.2, 0.25) is 5.95 Å². The van der Waals surface area contributed by atoms with Gasteiger partial charge in [0.1, 0.15) is 17.5 Å². The summed E-state index contributed by atoms with van der Waals surface area (Å²) in [5.41, 5.74) is 1.58. The van der Waals surface area contributed by atoms with Gasteiger partial charge in [-0.05, 0) is 54.9 Å². The van der Waals surface area contributed by atoms with E-state index in [1.54, 1.807) is 0 Å². The Labute approximate surface area is 190 Å². The van der Waals surface area contributed by atoms with Crippen molar-refractivity contribution in [2.75, 3.05) is 24.6 Å². The number of anilines is 1. The average Bonchev–Trinajstić information content (AvgIpc) is 3.40. The number of H-pyrrole nitrogens is 1. The lowest BCUT2D eigenvalue weighted by Gasteiger charge is -2.47. The van der Waals surface area contributed by atoms with Gasteiger partial charge in [0.25, 0.3) is 0 Å². The molecule has 1 saturated heterocycles. The summed E-state index contributed by atoms with van der Waals surface area (Å²) in [6, 6.07) is 5.70. The van der Waals surface area contributed by atoms with Crippen LogP contribution in [-0.4, -0.2) is 51.2 Å². The summed E-state index contributed by atoms with van der Waals surface area (Å²) in [6.45, 7) is 8.35. The Hall–Kier alpha value is -2.94. The number of benzene rings is 1. The van der Waals surface area contributed by atoms with Crippen LogP contribution in [0.3, 0.4) is 0 Å². The molecule has 1 saturated carbocycles. The fourth-order valence-corrected chi connectivity index (χ4v) is 6.55. The third-order valence-electron chi connectivity index (χ3n) is 8.17. The van der Waals surface area contributed by atoms with Crippen LogP contribution in [0.5, 0.6) is 0 Å². The Balaban J connectivity index is 1.42. The van der Waals surface area contributed by atoms with E-state index in [1.807, 2.05) is 13.0 Å². The van der Waals surface area contributed by atoms with Gasteiger partial charge in [-0.3, -0.25) is 5.10 Å². The molecule has 0 unspecified atom stereocenters. The number of morpholine rings is 1. The molecule has 9 heteroatoms. The Morgan fingerprint density at radius 3 is 2.70 bits per heavy atom. The van der Waals surface area contributed by atoms with Gasteiger partial charge >= 0.3 is 0 Å². The molecule has 0 spiro atoms. The van der Waals surface area contributed by atoms with E-state index in [0.29, 0.717) is 19.1 Å². The maximum Gasteiger partial charge on any atom is 0.244 e. The number of aromatic nitrogens is 5. The standard InChI is InChI=1S/C24H26F2N6O/c1-13-27-22(31-28-13)32-9-10-33-19(12-32)24-8-7-15(23(24,2)3)14-11-18(29-30-21(14)24)20-16(25)5-4-6-17(20)26/h4-6,11,15,19H,7-10,12H2,1-3H3,(H,27,28,31)/t15-,19+,24-/m0/s1. The number of hydrogen-bond acceptors (Lipinski definition) is 6. The van der Waals surface area contributed by atoms with Crippen LogP contribution in [0.2, 0.25) is 0 Å². The maximum absolute atomic E-state index is 14.5. The average molecular weight is 453 g/mol. The highest BCUT2D eigenvalue weighted by Gasteiger charge is 2.67. The highest BCUT2D eigenvalue weighted by Crippen LogP contribution is 2.69. The van der Waals surface area contributed by atoms with E-state index < -0.39 is 11.6 Å². The summed E-state index contributed by atoms with van der Waals surface area (Å²) in [7, 11) is 0. The quantitative estimate of drug-likeness (QED) is 0.649. The van der Waals surface area contributed by atoms with E-state index in [9.17, 15) is 8.78 Å². The smallest absolute Gasteiger partial charge is 0.244 e. The predicted octanol–water partition coefficient (Wildman–Crippen LogP) is 3.91. The van der Waals surface area contributed by atoms with E-state index in [2.05, 4.69) is 44.1 Å². The minimum absolute atomic E-state index is 0.114. The van der Waals surface area contributed by atoms with Gasteiger partial charge in [-0.2, -0.15) is 15.2 Å². The second-order valence-electron chi connectivity index (χ2n) is 9.94. The summed E-state index contributed by atoms with van der Waals surface area (Å²) in [6.07, 6.45) is 1.80. The number of aromatic amines is 1. The predicted molar refractivity (Wildman–Crippen MR) is 118 cm³/mol. The van der Waals surface area contributed by atoms with Crippen LogP contribution >= 0.6 is 0 Å². The monoisotopic (exact) mass is 452 g/mol. The van der Waals surface area contributed by atoms with Crippen molar-refractivity contribution in [2.24, 2.45) is 5.41 Å². The molecular formula is C24H26F2N6O. The van der Waals surface area contributed by atoms with E-state index >= 15 is 0 Å².